The van der Waals surface area contributed by atoms with Crippen molar-refractivity contribution in [2.45, 2.75) is 6.92 Å². The van der Waals surface area contributed by atoms with Crippen LogP contribution in [0.1, 0.15) is 6.92 Å². The molecule has 0 aliphatic carbocycles. The van der Waals surface area contributed by atoms with Gasteiger partial charge in [0.05, 0.1) is 8.95 Å². The third kappa shape index (κ3) is 2.97. The van der Waals surface area contributed by atoms with Crippen LogP contribution in [0.25, 0.3) is 0 Å². The molecule has 0 fully saturated rings. The minimum atomic E-state index is -0.372. The normalized spacial score (nSPS) is 9.85. The van der Waals surface area contributed by atoms with E-state index in [4.69, 9.17) is 16.3 Å². The van der Waals surface area contributed by atoms with Gasteiger partial charge in [0, 0.05) is 11.9 Å². The molecule has 2 nitrogen and oxygen atoms in total. The van der Waals surface area contributed by atoms with E-state index in [1.807, 2.05) is 0 Å². The molecule has 1 aromatic carbocycles. The fourth-order valence-corrected chi connectivity index (χ4v) is 2.60. The first-order chi connectivity index (χ1) is 6.00. The predicted molar refractivity (Wildman–Crippen MR) is 58.2 cm³/mol. The smallest absolute Gasteiger partial charge is 0.308 e. The standard InChI is InChI=1S/C8H5Br2ClO2/c1-4(12)13-8-6(9)2-5(11)3-7(8)10/h2-3H,1H3. The SMILES string of the molecule is CC(=O)Oc1c(Br)cc(Cl)cc1Br. The molecule has 0 aliphatic heterocycles. The second-order valence-corrected chi connectivity index (χ2v) is 4.44. The third-order valence-corrected chi connectivity index (χ3v) is 2.61. The van der Waals surface area contributed by atoms with Gasteiger partial charge in [0.1, 0.15) is 0 Å². The van der Waals surface area contributed by atoms with Crippen LogP contribution in [-0.2, 0) is 4.79 Å². The molecule has 1 rings (SSSR count). The van der Waals surface area contributed by atoms with Crippen LogP contribution >= 0.6 is 43.5 Å². The molecule has 70 valence electrons. The second-order valence-electron chi connectivity index (χ2n) is 2.29. The molecular formula is C8H5Br2ClO2. The van der Waals surface area contributed by atoms with Crippen molar-refractivity contribution in [3.63, 3.8) is 0 Å². The maximum absolute atomic E-state index is 10.7. The number of benzene rings is 1. The number of hydrogen-bond donors (Lipinski definition) is 0. The van der Waals surface area contributed by atoms with Gasteiger partial charge in [-0.15, -0.1) is 0 Å². The van der Waals surface area contributed by atoms with Gasteiger partial charge in [0.25, 0.3) is 0 Å². The summed E-state index contributed by atoms with van der Waals surface area (Å²) in [7, 11) is 0. The summed E-state index contributed by atoms with van der Waals surface area (Å²) in [5, 5.41) is 0.564. The van der Waals surface area contributed by atoms with Crippen molar-refractivity contribution in [2.75, 3.05) is 0 Å². The van der Waals surface area contributed by atoms with E-state index in [1.54, 1.807) is 12.1 Å². The van der Waals surface area contributed by atoms with Crippen molar-refractivity contribution in [1.29, 1.82) is 0 Å². The summed E-state index contributed by atoms with van der Waals surface area (Å²) in [4.78, 5) is 10.7. The Labute approximate surface area is 97.5 Å². The average molecular weight is 328 g/mol. The first-order valence-electron chi connectivity index (χ1n) is 3.33. The summed E-state index contributed by atoms with van der Waals surface area (Å²) in [6.07, 6.45) is 0. The second kappa shape index (κ2) is 4.44. The number of esters is 1. The number of carbonyl (C=O) groups excluding carboxylic acids is 1. The summed E-state index contributed by atoms with van der Waals surface area (Å²) < 4.78 is 6.22. The van der Waals surface area contributed by atoms with E-state index in [1.165, 1.54) is 6.92 Å². The quantitative estimate of drug-likeness (QED) is 0.579. The molecule has 0 aliphatic rings. The Balaban J connectivity index is 3.13. The number of ether oxygens (including phenoxy) is 1. The lowest BCUT2D eigenvalue weighted by Crippen LogP contribution is -2.02. The lowest BCUT2D eigenvalue weighted by Gasteiger charge is -2.06. The summed E-state index contributed by atoms with van der Waals surface area (Å²) in [6, 6.07) is 3.31. The Morgan fingerprint density at radius 1 is 1.38 bits per heavy atom. The zero-order valence-corrected chi connectivity index (χ0v) is 10.5. The number of rotatable bonds is 1. The summed E-state index contributed by atoms with van der Waals surface area (Å²) >= 11 is 12.2. The Hall–Kier alpha value is -0.0600. The lowest BCUT2D eigenvalue weighted by atomic mass is 10.3. The minimum absolute atomic E-state index is 0.372. The fourth-order valence-electron chi connectivity index (χ4n) is 0.770. The number of halogens is 3. The molecule has 1 aromatic rings. The molecule has 0 amide bonds. The highest BCUT2D eigenvalue weighted by atomic mass is 79.9. The zero-order chi connectivity index (χ0) is 10.0. The molecule has 5 heteroatoms. The van der Waals surface area contributed by atoms with Gasteiger partial charge in [0.2, 0.25) is 0 Å². The number of hydrogen-bond acceptors (Lipinski definition) is 2. The van der Waals surface area contributed by atoms with Crippen LogP contribution in [0.15, 0.2) is 21.1 Å². The minimum Gasteiger partial charge on any atom is -0.424 e. The van der Waals surface area contributed by atoms with E-state index in [-0.39, 0.29) is 5.97 Å². The van der Waals surface area contributed by atoms with E-state index in [0.29, 0.717) is 19.7 Å². The van der Waals surface area contributed by atoms with Crippen molar-refractivity contribution in [1.82, 2.24) is 0 Å². The molecule has 0 bridgehead atoms. The molecule has 0 saturated heterocycles. The van der Waals surface area contributed by atoms with Crippen LogP contribution in [0.2, 0.25) is 5.02 Å². The van der Waals surface area contributed by atoms with Gasteiger partial charge in [-0.05, 0) is 44.0 Å². The van der Waals surface area contributed by atoms with Crippen LogP contribution in [-0.4, -0.2) is 5.97 Å². The molecule has 13 heavy (non-hydrogen) atoms. The highest BCUT2D eigenvalue weighted by molar-refractivity contribution is 9.11. The zero-order valence-electron chi connectivity index (χ0n) is 6.61. The maximum atomic E-state index is 10.7. The highest BCUT2D eigenvalue weighted by Gasteiger charge is 2.09. The van der Waals surface area contributed by atoms with E-state index in [2.05, 4.69) is 31.9 Å². The van der Waals surface area contributed by atoms with Crippen LogP contribution in [0.3, 0.4) is 0 Å². The van der Waals surface area contributed by atoms with E-state index in [9.17, 15) is 4.79 Å². The van der Waals surface area contributed by atoms with Gasteiger partial charge in [-0.1, -0.05) is 11.6 Å². The molecule has 0 spiro atoms. The van der Waals surface area contributed by atoms with Gasteiger partial charge >= 0.3 is 5.97 Å². The van der Waals surface area contributed by atoms with Crippen LogP contribution in [0.5, 0.6) is 5.75 Å². The Morgan fingerprint density at radius 2 is 1.85 bits per heavy atom. The van der Waals surface area contributed by atoms with Gasteiger partial charge in [-0.3, -0.25) is 4.79 Å². The molecule has 0 heterocycles. The third-order valence-electron chi connectivity index (χ3n) is 1.21. The molecule has 0 radical (unpaired) electrons. The van der Waals surface area contributed by atoms with Crippen molar-refractivity contribution in [3.05, 3.63) is 26.1 Å². The largest absolute Gasteiger partial charge is 0.424 e. The molecular weight excluding hydrogens is 323 g/mol. The van der Waals surface area contributed by atoms with Crippen molar-refractivity contribution in [3.8, 4) is 5.75 Å². The fraction of sp³-hybridized carbons (Fsp3) is 0.125. The van der Waals surface area contributed by atoms with Gasteiger partial charge in [-0.2, -0.15) is 0 Å². The molecule has 0 saturated carbocycles. The van der Waals surface area contributed by atoms with E-state index >= 15 is 0 Å². The lowest BCUT2D eigenvalue weighted by molar-refractivity contribution is -0.131. The van der Waals surface area contributed by atoms with Gasteiger partial charge < -0.3 is 4.74 Å². The predicted octanol–water partition coefficient (Wildman–Crippen LogP) is 3.79. The van der Waals surface area contributed by atoms with E-state index in [0.717, 1.165) is 0 Å². The summed E-state index contributed by atoms with van der Waals surface area (Å²) in [6.45, 7) is 1.34. The molecule has 0 N–H and O–H groups in total. The first-order valence-corrected chi connectivity index (χ1v) is 5.30. The topological polar surface area (TPSA) is 26.3 Å². The molecule has 0 aromatic heterocycles. The summed E-state index contributed by atoms with van der Waals surface area (Å²) in [5.41, 5.74) is 0. The van der Waals surface area contributed by atoms with Crippen LogP contribution in [0.4, 0.5) is 0 Å². The van der Waals surface area contributed by atoms with Crippen LogP contribution in [0, 0.1) is 0 Å². The van der Waals surface area contributed by atoms with Gasteiger partial charge in [-0.25, -0.2) is 0 Å². The highest BCUT2D eigenvalue weighted by Crippen LogP contribution is 2.36. The van der Waals surface area contributed by atoms with Crippen molar-refractivity contribution in [2.24, 2.45) is 0 Å². The maximum Gasteiger partial charge on any atom is 0.308 e. The van der Waals surface area contributed by atoms with Crippen molar-refractivity contribution >= 4 is 49.4 Å². The van der Waals surface area contributed by atoms with Crippen LogP contribution < -0.4 is 4.74 Å². The Morgan fingerprint density at radius 3 is 2.23 bits per heavy atom. The Kier molecular flexibility index (Phi) is 3.76. The average Bonchev–Trinajstić information content (AvgIpc) is 1.96. The molecule has 0 unspecified atom stereocenters. The molecule has 0 atom stereocenters. The van der Waals surface area contributed by atoms with Crippen molar-refractivity contribution < 1.29 is 9.53 Å². The Bertz CT molecular complexity index is 329. The monoisotopic (exact) mass is 326 g/mol. The first kappa shape index (κ1) is 11.0. The summed E-state index contributed by atoms with van der Waals surface area (Å²) in [5.74, 6) is 0.0700. The number of carbonyl (C=O) groups is 1. The van der Waals surface area contributed by atoms with E-state index < -0.39 is 0 Å². The van der Waals surface area contributed by atoms with Gasteiger partial charge in [0.15, 0.2) is 5.75 Å².